The Morgan fingerprint density at radius 3 is 2.67 bits per heavy atom. The zero-order chi connectivity index (χ0) is 12.6. The normalized spacial score (nSPS) is 22.1. The molecule has 1 unspecified atom stereocenters. The summed E-state index contributed by atoms with van der Waals surface area (Å²) in [5.74, 6) is 0. The van der Waals surface area contributed by atoms with Crippen LogP contribution >= 0.6 is 11.6 Å². The molecule has 1 aliphatic rings. The van der Waals surface area contributed by atoms with Crippen molar-refractivity contribution in [1.29, 1.82) is 0 Å². The fraction of sp³-hybridized carbons (Fsp3) is 0.250. The molecule has 18 heavy (non-hydrogen) atoms. The molecule has 0 fully saturated rings. The Balaban J connectivity index is 2.18. The van der Waals surface area contributed by atoms with E-state index < -0.39 is 0 Å². The lowest BCUT2D eigenvalue weighted by Gasteiger charge is -2.37. The van der Waals surface area contributed by atoms with Gasteiger partial charge in [0, 0.05) is 22.7 Å². The Bertz CT molecular complexity index is 565. The summed E-state index contributed by atoms with van der Waals surface area (Å²) in [6.07, 6.45) is 1.09. The standard InChI is InChI=1S/C16H16ClN/c1-16(12-5-3-2-4-6-12)9-10-18-15-8-7-13(17)11-14(15)16/h2-8,11,18H,9-10H2,1H3. The number of hydrogen-bond donors (Lipinski definition) is 1. The number of nitrogens with one attached hydrogen (secondary N) is 1. The molecule has 0 aromatic heterocycles. The Morgan fingerprint density at radius 2 is 1.89 bits per heavy atom. The monoisotopic (exact) mass is 257 g/mol. The number of halogens is 1. The van der Waals surface area contributed by atoms with E-state index in [0.717, 1.165) is 18.0 Å². The lowest BCUT2D eigenvalue weighted by atomic mass is 9.71. The van der Waals surface area contributed by atoms with Crippen LogP contribution in [0.1, 0.15) is 24.5 Å². The molecule has 1 nitrogen and oxygen atoms in total. The molecular weight excluding hydrogens is 242 g/mol. The molecule has 1 heterocycles. The average Bonchev–Trinajstić information content (AvgIpc) is 2.41. The molecule has 2 aromatic carbocycles. The van der Waals surface area contributed by atoms with Gasteiger partial charge in [-0.05, 0) is 35.7 Å². The topological polar surface area (TPSA) is 12.0 Å². The first kappa shape index (κ1) is 11.6. The molecule has 0 aliphatic carbocycles. The number of fused-ring (bicyclic) bond motifs is 1. The smallest absolute Gasteiger partial charge is 0.0410 e. The lowest BCUT2D eigenvalue weighted by molar-refractivity contribution is 0.522. The van der Waals surface area contributed by atoms with Crippen molar-refractivity contribution >= 4 is 17.3 Å². The van der Waals surface area contributed by atoms with Gasteiger partial charge in [-0.2, -0.15) is 0 Å². The summed E-state index contributed by atoms with van der Waals surface area (Å²) in [5.41, 5.74) is 3.91. The second kappa shape index (κ2) is 4.33. The van der Waals surface area contributed by atoms with Gasteiger partial charge in [-0.1, -0.05) is 48.9 Å². The van der Waals surface area contributed by atoms with E-state index >= 15 is 0 Å². The first-order valence-electron chi connectivity index (χ1n) is 6.29. The van der Waals surface area contributed by atoms with Crippen LogP contribution in [0.4, 0.5) is 5.69 Å². The predicted octanol–water partition coefficient (Wildman–Crippen LogP) is 4.46. The molecule has 1 aliphatic heterocycles. The molecule has 0 saturated heterocycles. The molecule has 0 radical (unpaired) electrons. The second-order valence-corrected chi connectivity index (χ2v) is 5.50. The van der Waals surface area contributed by atoms with Gasteiger partial charge in [-0.25, -0.2) is 0 Å². The SMILES string of the molecule is CC1(c2ccccc2)CCNc2ccc(Cl)cc21. The fourth-order valence-corrected chi connectivity index (χ4v) is 2.99. The third-order valence-corrected chi connectivity index (χ3v) is 4.16. The summed E-state index contributed by atoms with van der Waals surface area (Å²) >= 11 is 6.16. The summed E-state index contributed by atoms with van der Waals surface area (Å²) in [7, 11) is 0. The van der Waals surface area contributed by atoms with Crippen molar-refractivity contribution in [3.8, 4) is 0 Å². The maximum absolute atomic E-state index is 6.16. The summed E-state index contributed by atoms with van der Waals surface area (Å²) in [6, 6.07) is 16.8. The van der Waals surface area contributed by atoms with Crippen LogP contribution in [-0.4, -0.2) is 6.54 Å². The van der Waals surface area contributed by atoms with Crippen molar-refractivity contribution < 1.29 is 0 Å². The van der Waals surface area contributed by atoms with Gasteiger partial charge in [0.05, 0.1) is 0 Å². The molecule has 0 saturated carbocycles. The summed E-state index contributed by atoms with van der Waals surface area (Å²) < 4.78 is 0. The molecule has 0 bridgehead atoms. The van der Waals surface area contributed by atoms with E-state index in [2.05, 4.69) is 54.7 Å². The quantitative estimate of drug-likeness (QED) is 0.795. The third-order valence-electron chi connectivity index (χ3n) is 3.93. The van der Waals surface area contributed by atoms with E-state index in [1.54, 1.807) is 0 Å². The van der Waals surface area contributed by atoms with Crippen LogP contribution in [0, 0.1) is 0 Å². The molecule has 3 rings (SSSR count). The first-order valence-corrected chi connectivity index (χ1v) is 6.67. The lowest BCUT2D eigenvalue weighted by Crippen LogP contribution is -2.32. The molecule has 1 N–H and O–H groups in total. The van der Waals surface area contributed by atoms with E-state index in [-0.39, 0.29) is 5.41 Å². The Kier molecular flexibility index (Phi) is 2.79. The third kappa shape index (κ3) is 1.79. The molecule has 0 amide bonds. The highest BCUT2D eigenvalue weighted by atomic mass is 35.5. The van der Waals surface area contributed by atoms with Crippen molar-refractivity contribution in [3.05, 3.63) is 64.7 Å². The van der Waals surface area contributed by atoms with Gasteiger partial charge in [0.25, 0.3) is 0 Å². The predicted molar refractivity (Wildman–Crippen MR) is 77.5 cm³/mol. The molecule has 0 spiro atoms. The maximum Gasteiger partial charge on any atom is 0.0410 e. The number of benzene rings is 2. The van der Waals surface area contributed by atoms with Crippen LogP contribution in [0.2, 0.25) is 5.02 Å². The van der Waals surface area contributed by atoms with Gasteiger partial charge in [0.15, 0.2) is 0 Å². The van der Waals surface area contributed by atoms with E-state index in [9.17, 15) is 0 Å². The van der Waals surface area contributed by atoms with E-state index in [0.29, 0.717) is 0 Å². The Labute approximate surface area is 113 Å². The largest absolute Gasteiger partial charge is 0.385 e. The van der Waals surface area contributed by atoms with Crippen LogP contribution in [-0.2, 0) is 5.41 Å². The first-order chi connectivity index (χ1) is 8.70. The highest BCUT2D eigenvalue weighted by Gasteiger charge is 2.33. The van der Waals surface area contributed by atoms with Crippen molar-refractivity contribution in [2.75, 3.05) is 11.9 Å². The summed E-state index contributed by atoms with van der Waals surface area (Å²) in [4.78, 5) is 0. The molecular formula is C16H16ClN. The Hall–Kier alpha value is -1.47. The molecule has 92 valence electrons. The minimum Gasteiger partial charge on any atom is -0.385 e. The van der Waals surface area contributed by atoms with Gasteiger partial charge in [0.2, 0.25) is 0 Å². The van der Waals surface area contributed by atoms with Crippen LogP contribution in [0.3, 0.4) is 0 Å². The van der Waals surface area contributed by atoms with Crippen LogP contribution < -0.4 is 5.32 Å². The zero-order valence-corrected chi connectivity index (χ0v) is 11.2. The van der Waals surface area contributed by atoms with Crippen molar-refractivity contribution in [3.63, 3.8) is 0 Å². The maximum atomic E-state index is 6.16. The van der Waals surface area contributed by atoms with Crippen molar-refractivity contribution in [2.24, 2.45) is 0 Å². The minimum absolute atomic E-state index is 0.0484. The fourth-order valence-electron chi connectivity index (χ4n) is 2.81. The highest BCUT2D eigenvalue weighted by molar-refractivity contribution is 6.30. The highest BCUT2D eigenvalue weighted by Crippen LogP contribution is 2.42. The summed E-state index contributed by atoms with van der Waals surface area (Å²) in [6.45, 7) is 3.30. The van der Waals surface area contributed by atoms with Crippen LogP contribution in [0.15, 0.2) is 48.5 Å². The van der Waals surface area contributed by atoms with Gasteiger partial charge in [-0.3, -0.25) is 0 Å². The van der Waals surface area contributed by atoms with Crippen LogP contribution in [0.5, 0.6) is 0 Å². The molecule has 2 heteroatoms. The average molecular weight is 258 g/mol. The number of hydrogen-bond acceptors (Lipinski definition) is 1. The van der Waals surface area contributed by atoms with Gasteiger partial charge in [-0.15, -0.1) is 0 Å². The van der Waals surface area contributed by atoms with Crippen LogP contribution in [0.25, 0.3) is 0 Å². The van der Waals surface area contributed by atoms with E-state index in [1.807, 2.05) is 6.07 Å². The van der Waals surface area contributed by atoms with E-state index in [4.69, 9.17) is 11.6 Å². The van der Waals surface area contributed by atoms with Gasteiger partial charge >= 0.3 is 0 Å². The van der Waals surface area contributed by atoms with Gasteiger partial charge < -0.3 is 5.32 Å². The molecule has 1 atom stereocenters. The second-order valence-electron chi connectivity index (χ2n) is 5.06. The van der Waals surface area contributed by atoms with E-state index in [1.165, 1.54) is 16.8 Å². The Morgan fingerprint density at radius 1 is 1.11 bits per heavy atom. The summed E-state index contributed by atoms with van der Waals surface area (Å²) in [5, 5.41) is 4.26. The number of rotatable bonds is 1. The van der Waals surface area contributed by atoms with Crippen molar-refractivity contribution in [2.45, 2.75) is 18.8 Å². The van der Waals surface area contributed by atoms with Crippen molar-refractivity contribution in [1.82, 2.24) is 0 Å². The van der Waals surface area contributed by atoms with Gasteiger partial charge in [0.1, 0.15) is 0 Å². The minimum atomic E-state index is 0.0484. The zero-order valence-electron chi connectivity index (χ0n) is 10.4. The number of anilines is 1. The molecule has 2 aromatic rings.